The highest BCUT2D eigenvalue weighted by Gasteiger charge is 2.28. The molecule has 0 fully saturated rings. The summed E-state index contributed by atoms with van der Waals surface area (Å²) in [5.41, 5.74) is 5.33. The molecule has 0 aliphatic carbocycles. The van der Waals surface area contributed by atoms with Gasteiger partial charge in [-0.05, 0) is 64.2 Å². The van der Waals surface area contributed by atoms with Crippen LogP contribution in [0.5, 0.6) is 0 Å². The van der Waals surface area contributed by atoms with E-state index >= 15 is 0 Å². The maximum absolute atomic E-state index is 12.6. The monoisotopic (exact) mass is 788 g/mol. The molecule has 316 valence electrons. The topological polar surface area (TPSA) is 172 Å². The fraction of sp³-hybridized carbons (Fsp3) is 0.833. The first-order valence-electron chi connectivity index (χ1n) is 21.4. The zero-order valence-electron chi connectivity index (χ0n) is 34.1. The third kappa shape index (κ3) is 36.9. The average molecular weight is 788 g/mol. The van der Waals surface area contributed by atoms with Crippen LogP contribution in [0.1, 0.15) is 194 Å². The lowest BCUT2D eigenvalue weighted by Gasteiger charge is -2.20. The molecule has 0 radical (unpaired) electrons. The summed E-state index contributed by atoms with van der Waals surface area (Å²) in [4.78, 5) is 45.9. The largest absolute Gasteiger partial charge is 0.480 e. The van der Waals surface area contributed by atoms with Gasteiger partial charge in [-0.2, -0.15) is 0 Å². The summed E-state index contributed by atoms with van der Waals surface area (Å²) < 4.78 is 32.6. The van der Waals surface area contributed by atoms with Gasteiger partial charge in [0, 0.05) is 12.8 Å². The molecule has 0 aliphatic rings. The summed E-state index contributed by atoms with van der Waals surface area (Å²) in [6.45, 7) is 2.77. The molecule has 0 bridgehead atoms. The molecular formula is C42H78NO10P. The number of ether oxygens (including phenoxy) is 2. The van der Waals surface area contributed by atoms with Crippen LogP contribution in [-0.4, -0.2) is 59.9 Å². The van der Waals surface area contributed by atoms with Crippen LogP contribution in [0.15, 0.2) is 24.3 Å². The zero-order valence-corrected chi connectivity index (χ0v) is 35.0. The van der Waals surface area contributed by atoms with Crippen LogP contribution in [0.3, 0.4) is 0 Å². The highest BCUT2D eigenvalue weighted by atomic mass is 31.2. The van der Waals surface area contributed by atoms with Gasteiger partial charge in [0.05, 0.1) is 13.2 Å². The minimum atomic E-state index is -4.72. The number of phosphoric ester groups is 1. The van der Waals surface area contributed by atoms with E-state index in [-0.39, 0.29) is 19.4 Å². The molecule has 0 aliphatic heterocycles. The molecule has 0 spiro atoms. The van der Waals surface area contributed by atoms with Crippen molar-refractivity contribution in [2.24, 2.45) is 5.73 Å². The Kier molecular flexibility index (Phi) is 36.4. The lowest BCUT2D eigenvalue weighted by molar-refractivity contribution is -0.161. The lowest BCUT2D eigenvalue weighted by Crippen LogP contribution is -2.34. The molecule has 54 heavy (non-hydrogen) atoms. The number of carbonyl (C=O) groups excluding carboxylic acids is 2. The predicted molar refractivity (Wildman–Crippen MR) is 217 cm³/mol. The Hall–Kier alpha value is -2.04. The molecule has 0 rings (SSSR count). The van der Waals surface area contributed by atoms with Crippen molar-refractivity contribution in [2.75, 3.05) is 19.8 Å². The van der Waals surface area contributed by atoms with Gasteiger partial charge in [-0.1, -0.05) is 141 Å². The van der Waals surface area contributed by atoms with Gasteiger partial charge in [0.1, 0.15) is 12.6 Å². The summed E-state index contributed by atoms with van der Waals surface area (Å²) in [5, 5.41) is 8.88. The molecule has 0 saturated heterocycles. The quantitative estimate of drug-likeness (QED) is 0.0233. The maximum atomic E-state index is 12.6. The van der Waals surface area contributed by atoms with E-state index in [4.69, 9.17) is 24.8 Å². The Morgan fingerprint density at radius 1 is 0.556 bits per heavy atom. The molecular weight excluding hydrogens is 709 g/mol. The normalized spacial score (nSPS) is 14.0. The van der Waals surface area contributed by atoms with Crippen LogP contribution < -0.4 is 5.73 Å². The molecule has 11 nitrogen and oxygen atoms in total. The van der Waals surface area contributed by atoms with E-state index < -0.39 is 51.1 Å². The Morgan fingerprint density at radius 3 is 1.37 bits per heavy atom. The number of carbonyl (C=O) groups is 3. The number of unbranched alkanes of at least 4 members (excludes halogenated alkanes) is 22. The fourth-order valence-electron chi connectivity index (χ4n) is 5.76. The van der Waals surface area contributed by atoms with Crippen LogP contribution in [0.2, 0.25) is 0 Å². The van der Waals surface area contributed by atoms with E-state index in [0.29, 0.717) is 12.8 Å². The van der Waals surface area contributed by atoms with E-state index in [1.54, 1.807) is 0 Å². The molecule has 0 aromatic heterocycles. The number of hydrogen-bond donors (Lipinski definition) is 3. The summed E-state index contributed by atoms with van der Waals surface area (Å²) in [7, 11) is -4.72. The third-order valence-electron chi connectivity index (χ3n) is 9.17. The van der Waals surface area contributed by atoms with Gasteiger partial charge in [-0.3, -0.25) is 23.4 Å². The molecule has 1 unspecified atom stereocenters. The van der Waals surface area contributed by atoms with Crippen LogP contribution in [0, 0.1) is 0 Å². The molecule has 0 aromatic carbocycles. The van der Waals surface area contributed by atoms with Gasteiger partial charge in [0.15, 0.2) is 6.10 Å². The Morgan fingerprint density at radius 2 is 0.926 bits per heavy atom. The van der Waals surface area contributed by atoms with Gasteiger partial charge >= 0.3 is 25.7 Å². The second-order valence-corrected chi connectivity index (χ2v) is 15.9. The van der Waals surface area contributed by atoms with Gasteiger partial charge in [-0.15, -0.1) is 0 Å². The average Bonchev–Trinajstić information content (AvgIpc) is 3.14. The van der Waals surface area contributed by atoms with Gasteiger partial charge < -0.3 is 25.2 Å². The summed E-state index contributed by atoms with van der Waals surface area (Å²) in [5.74, 6) is -2.40. The molecule has 4 N–H and O–H groups in total. The van der Waals surface area contributed by atoms with E-state index in [2.05, 4.69) is 42.7 Å². The number of carboxylic acid groups (broad SMARTS) is 1. The summed E-state index contributed by atoms with van der Waals surface area (Å²) in [6.07, 6.45) is 38.1. The van der Waals surface area contributed by atoms with Crippen molar-refractivity contribution in [2.45, 2.75) is 206 Å². The van der Waals surface area contributed by atoms with E-state index in [1.807, 2.05) is 0 Å². The Bertz CT molecular complexity index is 1020. The van der Waals surface area contributed by atoms with Crippen molar-refractivity contribution in [1.29, 1.82) is 0 Å². The molecule has 0 saturated carbocycles. The SMILES string of the molecule is CCCCCCCC/C=C/CCCCCCCC(=O)O[C@H](COC(=O)CCCCC/C=C/CCCCCCCCCC)COP(=O)(O)OC[C@H](N)C(=O)O. The first-order chi connectivity index (χ1) is 26.1. The molecule has 0 amide bonds. The number of allylic oxidation sites excluding steroid dienone is 4. The molecule has 0 heterocycles. The minimum Gasteiger partial charge on any atom is -0.480 e. The fourth-order valence-corrected chi connectivity index (χ4v) is 6.54. The molecule has 0 aromatic rings. The van der Waals surface area contributed by atoms with Crippen LogP contribution in [0.25, 0.3) is 0 Å². The third-order valence-corrected chi connectivity index (χ3v) is 10.1. The number of rotatable bonds is 40. The first kappa shape index (κ1) is 52.0. The Labute approximate surface area is 328 Å². The second-order valence-electron chi connectivity index (χ2n) is 14.5. The van der Waals surface area contributed by atoms with Crippen molar-refractivity contribution < 1.29 is 47.5 Å². The van der Waals surface area contributed by atoms with Crippen molar-refractivity contribution in [3.05, 3.63) is 24.3 Å². The van der Waals surface area contributed by atoms with E-state index in [1.165, 1.54) is 89.9 Å². The predicted octanol–water partition coefficient (Wildman–Crippen LogP) is 11.1. The highest BCUT2D eigenvalue weighted by molar-refractivity contribution is 7.47. The van der Waals surface area contributed by atoms with Crippen molar-refractivity contribution in [1.82, 2.24) is 0 Å². The van der Waals surface area contributed by atoms with Crippen molar-refractivity contribution >= 4 is 25.7 Å². The number of hydrogen-bond acceptors (Lipinski definition) is 9. The smallest absolute Gasteiger partial charge is 0.472 e. The number of carboxylic acids is 1. The maximum Gasteiger partial charge on any atom is 0.472 e. The lowest BCUT2D eigenvalue weighted by atomic mass is 10.1. The standard InChI is InChI=1S/C42H78NO10P/c1-3-5-7-9-11-13-15-17-19-21-23-25-27-29-31-33-40(44)50-35-38(36-51-54(48,49)52-37-39(43)42(46)47)53-41(45)34-32-30-28-26-24-22-20-18-16-14-12-10-8-6-4-2/h18,20-21,23,38-39H,3-17,19,22,24-37,43H2,1-2H3,(H,46,47)(H,48,49)/b20-18+,23-21+/t38-,39+/m1/s1. The van der Waals surface area contributed by atoms with E-state index in [9.17, 15) is 23.8 Å². The van der Waals surface area contributed by atoms with Crippen LogP contribution in [-0.2, 0) is 37.5 Å². The van der Waals surface area contributed by atoms with Crippen molar-refractivity contribution in [3.8, 4) is 0 Å². The second kappa shape index (κ2) is 37.9. The van der Waals surface area contributed by atoms with Gasteiger partial charge in [0.2, 0.25) is 0 Å². The van der Waals surface area contributed by atoms with Gasteiger partial charge in [-0.25, -0.2) is 4.57 Å². The molecule has 12 heteroatoms. The van der Waals surface area contributed by atoms with Crippen LogP contribution in [0.4, 0.5) is 0 Å². The zero-order chi connectivity index (χ0) is 40.0. The number of nitrogens with two attached hydrogens (primary N) is 1. The molecule has 3 atom stereocenters. The number of phosphoric acid groups is 1. The number of esters is 2. The van der Waals surface area contributed by atoms with Gasteiger partial charge in [0.25, 0.3) is 0 Å². The minimum absolute atomic E-state index is 0.150. The summed E-state index contributed by atoms with van der Waals surface area (Å²) in [6, 6.07) is -1.52. The Balaban J connectivity index is 4.41. The van der Waals surface area contributed by atoms with Crippen LogP contribution >= 0.6 is 7.82 Å². The number of aliphatic carboxylic acids is 1. The van der Waals surface area contributed by atoms with E-state index in [0.717, 1.165) is 64.2 Å². The first-order valence-corrected chi connectivity index (χ1v) is 22.9. The highest BCUT2D eigenvalue weighted by Crippen LogP contribution is 2.43. The summed E-state index contributed by atoms with van der Waals surface area (Å²) >= 11 is 0. The van der Waals surface area contributed by atoms with Crippen molar-refractivity contribution in [3.63, 3.8) is 0 Å².